The molecule has 0 unspecified atom stereocenters. The number of benzene rings is 1. The number of nitro benzene ring substituents is 1. The molecule has 1 aliphatic heterocycles. The highest BCUT2D eigenvalue weighted by Crippen LogP contribution is 2.30. The molecule has 0 bridgehead atoms. The Balaban J connectivity index is 1.63. The number of halogens is 6. The Bertz CT molecular complexity index is 1030. The van der Waals surface area contributed by atoms with Crippen LogP contribution in [0.1, 0.15) is 28.8 Å². The molecular formula is C20H18F6N4O4. The fourth-order valence-electron chi connectivity index (χ4n) is 3.37. The summed E-state index contributed by atoms with van der Waals surface area (Å²) in [5.41, 5.74) is -1.92. The lowest BCUT2D eigenvalue weighted by Crippen LogP contribution is -2.45. The Kier molecular flexibility index (Phi) is 7.17. The van der Waals surface area contributed by atoms with Crippen LogP contribution >= 0.6 is 0 Å². The zero-order valence-corrected chi connectivity index (χ0v) is 17.3. The molecule has 1 aromatic carbocycles. The lowest BCUT2D eigenvalue weighted by atomic mass is 10.0. The molecule has 34 heavy (non-hydrogen) atoms. The average molecular weight is 492 g/mol. The zero-order valence-electron chi connectivity index (χ0n) is 17.3. The average Bonchev–Trinajstić information content (AvgIpc) is 2.77. The number of alkyl halides is 6. The van der Waals surface area contributed by atoms with Gasteiger partial charge in [0.15, 0.2) is 6.61 Å². The molecule has 184 valence electrons. The van der Waals surface area contributed by atoms with Gasteiger partial charge in [0.05, 0.1) is 10.5 Å². The molecule has 14 heteroatoms. The van der Waals surface area contributed by atoms with Crippen LogP contribution in [-0.2, 0) is 6.18 Å². The number of carbonyl (C=O) groups excluding carboxylic acids is 1. The van der Waals surface area contributed by atoms with Crippen molar-refractivity contribution in [3.05, 3.63) is 57.8 Å². The van der Waals surface area contributed by atoms with Gasteiger partial charge in [0.2, 0.25) is 0 Å². The molecule has 1 N–H and O–H groups in total. The summed E-state index contributed by atoms with van der Waals surface area (Å²) in [5.74, 6) is -0.866. The Morgan fingerprint density at radius 3 is 2.35 bits per heavy atom. The lowest BCUT2D eigenvalue weighted by molar-refractivity contribution is -0.385. The van der Waals surface area contributed by atoms with Crippen molar-refractivity contribution >= 4 is 17.4 Å². The number of hydrogen-bond donors (Lipinski definition) is 1. The topological polar surface area (TPSA) is 97.6 Å². The number of piperidine rings is 1. The van der Waals surface area contributed by atoms with Gasteiger partial charge in [0.25, 0.3) is 11.6 Å². The summed E-state index contributed by atoms with van der Waals surface area (Å²) in [7, 11) is 0. The first-order valence-electron chi connectivity index (χ1n) is 9.90. The Labute approximate surface area is 188 Å². The van der Waals surface area contributed by atoms with E-state index < -0.39 is 52.6 Å². The Morgan fingerprint density at radius 1 is 1.15 bits per heavy atom. The molecule has 1 fully saturated rings. The maximum absolute atomic E-state index is 12.7. The van der Waals surface area contributed by atoms with Crippen LogP contribution in [0.3, 0.4) is 0 Å². The number of nitrogens with zero attached hydrogens (tertiary/aromatic N) is 3. The van der Waals surface area contributed by atoms with Gasteiger partial charge >= 0.3 is 12.4 Å². The van der Waals surface area contributed by atoms with Gasteiger partial charge in [0.1, 0.15) is 17.1 Å². The van der Waals surface area contributed by atoms with E-state index in [0.717, 1.165) is 30.5 Å². The van der Waals surface area contributed by atoms with Crippen LogP contribution in [0.5, 0.6) is 5.75 Å². The third-order valence-corrected chi connectivity index (χ3v) is 5.04. The van der Waals surface area contributed by atoms with E-state index in [2.05, 4.69) is 15.0 Å². The molecule has 2 heterocycles. The monoisotopic (exact) mass is 492 g/mol. The van der Waals surface area contributed by atoms with Crippen molar-refractivity contribution in [3.63, 3.8) is 0 Å². The summed E-state index contributed by atoms with van der Waals surface area (Å²) in [5, 5.41) is 13.9. The first-order valence-corrected chi connectivity index (χ1v) is 9.90. The van der Waals surface area contributed by atoms with Crippen molar-refractivity contribution in [1.29, 1.82) is 0 Å². The second-order valence-electron chi connectivity index (χ2n) is 7.48. The number of pyridine rings is 1. The second kappa shape index (κ2) is 9.73. The Hall–Kier alpha value is -3.58. The zero-order chi connectivity index (χ0) is 25.1. The van der Waals surface area contributed by atoms with Gasteiger partial charge in [-0.1, -0.05) is 0 Å². The summed E-state index contributed by atoms with van der Waals surface area (Å²) >= 11 is 0. The maximum atomic E-state index is 12.7. The highest BCUT2D eigenvalue weighted by Gasteiger charge is 2.32. The largest absolute Gasteiger partial charge is 0.484 e. The van der Waals surface area contributed by atoms with Crippen molar-refractivity contribution in [3.8, 4) is 5.75 Å². The van der Waals surface area contributed by atoms with Crippen LogP contribution in [0.2, 0.25) is 0 Å². The van der Waals surface area contributed by atoms with Crippen LogP contribution in [0, 0.1) is 10.1 Å². The van der Waals surface area contributed by atoms with E-state index in [9.17, 15) is 41.3 Å². The number of rotatable bonds is 6. The second-order valence-corrected chi connectivity index (χ2v) is 7.48. The van der Waals surface area contributed by atoms with Gasteiger partial charge in [0, 0.05) is 31.4 Å². The van der Waals surface area contributed by atoms with E-state index >= 15 is 0 Å². The summed E-state index contributed by atoms with van der Waals surface area (Å²) in [4.78, 5) is 28.6. The molecular weight excluding hydrogens is 474 g/mol. The van der Waals surface area contributed by atoms with E-state index in [0.29, 0.717) is 31.7 Å². The van der Waals surface area contributed by atoms with Gasteiger partial charge < -0.3 is 15.0 Å². The predicted octanol–water partition coefficient (Wildman–Crippen LogP) is 4.35. The fourth-order valence-corrected chi connectivity index (χ4v) is 3.37. The summed E-state index contributed by atoms with van der Waals surface area (Å²) in [6.07, 6.45) is -7.66. The SMILES string of the molecule is O=C(NC1CCN(c2ccc(C(F)(F)F)cn2)CC1)c1cc(OCC(F)(F)F)ccc1[N+](=O)[O-]. The van der Waals surface area contributed by atoms with Gasteiger partial charge in [-0.05, 0) is 37.1 Å². The smallest absolute Gasteiger partial charge is 0.422 e. The minimum Gasteiger partial charge on any atom is -0.484 e. The van der Waals surface area contributed by atoms with Crippen LogP contribution in [0.25, 0.3) is 0 Å². The fraction of sp³-hybridized carbons (Fsp3) is 0.400. The first kappa shape index (κ1) is 25.1. The van der Waals surface area contributed by atoms with Crippen LogP contribution in [-0.4, -0.2) is 47.7 Å². The van der Waals surface area contributed by atoms with Gasteiger partial charge in [-0.2, -0.15) is 26.3 Å². The molecule has 1 aromatic heterocycles. The molecule has 0 aliphatic carbocycles. The molecule has 0 radical (unpaired) electrons. The summed E-state index contributed by atoms with van der Waals surface area (Å²) in [6.45, 7) is -0.928. The van der Waals surface area contributed by atoms with Crippen molar-refractivity contribution in [1.82, 2.24) is 10.3 Å². The van der Waals surface area contributed by atoms with Crippen molar-refractivity contribution < 1.29 is 40.8 Å². The molecule has 3 rings (SSSR count). The molecule has 0 spiro atoms. The normalized spacial score (nSPS) is 15.2. The minimum atomic E-state index is -4.62. The standard InChI is InChI=1S/C20H18F6N4O4/c21-19(22,23)11-34-14-2-3-16(30(32)33)15(9-14)18(31)28-13-5-7-29(8-6-13)17-4-1-12(10-27-17)20(24,25)26/h1-4,9-10,13H,5-8,11H2,(H,28,31). The predicted molar refractivity (Wildman–Crippen MR) is 107 cm³/mol. The number of carbonyl (C=O) groups is 1. The van der Waals surface area contributed by atoms with Crippen LogP contribution in [0.4, 0.5) is 37.8 Å². The number of aromatic nitrogens is 1. The van der Waals surface area contributed by atoms with E-state index in [-0.39, 0.29) is 5.75 Å². The number of ether oxygens (including phenoxy) is 1. The number of nitro groups is 1. The molecule has 8 nitrogen and oxygen atoms in total. The van der Waals surface area contributed by atoms with E-state index in [4.69, 9.17) is 0 Å². The molecule has 0 atom stereocenters. The van der Waals surface area contributed by atoms with Gasteiger partial charge in [-0.25, -0.2) is 4.98 Å². The molecule has 0 saturated carbocycles. The van der Waals surface area contributed by atoms with Crippen molar-refractivity contribution in [2.75, 3.05) is 24.6 Å². The molecule has 2 aromatic rings. The third kappa shape index (κ3) is 6.48. The van der Waals surface area contributed by atoms with Crippen molar-refractivity contribution in [2.24, 2.45) is 0 Å². The van der Waals surface area contributed by atoms with Gasteiger partial charge in [-0.15, -0.1) is 0 Å². The highest BCUT2D eigenvalue weighted by atomic mass is 19.4. The van der Waals surface area contributed by atoms with E-state index in [1.54, 1.807) is 4.90 Å². The quantitative estimate of drug-likeness (QED) is 0.366. The molecule has 1 amide bonds. The Morgan fingerprint density at radius 2 is 1.82 bits per heavy atom. The van der Waals surface area contributed by atoms with Crippen LogP contribution in [0.15, 0.2) is 36.5 Å². The molecule has 1 saturated heterocycles. The van der Waals surface area contributed by atoms with E-state index in [1.165, 1.54) is 6.07 Å². The highest BCUT2D eigenvalue weighted by molar-refractivity contribution is 5.98. The van der Waals surface area contributed by atoms with Crippen LogP contribution < -0.4 is 15.0 Å². The number of anilines is 1. The van der Waals surface area contributed by atoms with Crippen molar-refractivity contribution in [2.45, 2.75) is 31.2 Å². The molecule has 1 aliphatic rings. The first-order chi connectivity index (χ1) is 15.8. The number of amides is 1. The van der Waals surface area contributed by atoms with E-state index in [1.807, 2.05) is 0 Å². The summed E-state index contributed by atoms with van der Waals surface area (Å²) < 4.78 is 79.7. The maximum Gasteiger partial charge on any atom is 0.422 e. The number of nitrogens with one attached hydrogen (secondary N) is 1. The minimum absolute atomic E-state index is 0.336. The lowest BCUT2D eigenvalue weighted by Gasteiger charge is -2.33. The van der Waals surface area contributed by atoms with Gasteiger partial charge in [-0.3, -0.25) is 14.9 Å². The third-order valence-electron chi connectivity index (χ3n) is 5.04. The summed E-state index contributed by atoms with van der Waals surface area (Å²) in [6, 6.07) is 4.48. The number of hydrogen-bond acceptors (Lipinski definition) is 6.